The summed E-state index contributed by atoms with van der Waals surface area (Å²) in [7, 11) is 15.5. The van der Waals surface area contributed by atoms with E-state index in [1.807, 2.05) is 169 Å². The molecule has 0 aromatic heterocycles. The highest BCUT2D eigenvalue weighted by Gasteiger charge is 2.46. The van der Waals surface area contributed by atoms with Crippen LogP contribution >= 0.6 is 43.2 Å². The van der Waals surface area contributed by atoms with E-state index in [0.29, 0.717) is 55.2 Å². The standard InChI is InChI=1S/C35H54N2O6S2.C14H22O4S2.C8H15NO2.C8H8/c1-33(2,26-36)23-28(27-13-9-8-10-14-27)24-35(5,32(40)42-19-18-37(6)7)25-34(3,4)31(39)43-21-20-41-30(38)16-12-11-15-29-17-22-44-45-29;1-11(2)14(16)18-9-8-17-13(15)6-4-3-5-12-7-10-19-20-12;1-7(2)8(10)11-6-5-9(3)4;1-2-8-6-4-3-5-7-8/h8-10,13-14,28-29H,11-12,15-25H2,1-7H3;12H,1,3-10H2,2H3;1,5-6H2,2-4H3;2-7H,1H2. The Morgan fingerprint density at radius 2 is 1.05 bits per heavy atom. The van der Waals surface area contributed by atoms with Crippen LogP contribution in [0.3, 0.4) is 0 Å². The summed E-state index contributed by atoms with van der Waals surface area (Å²) in [5.41, 5.74) is 0.323. The average molecular weight is 1240 g/mol. The Kier molecular flexibility index (Phi) is 40.3. The molecule has 4 rings (SSSR count). The third-order valence-corrected chi connectivity index (χ3v) is 19.1. The van der Waals surface area contributed by atoms with Gasteiger partial charge in [-0.15, -0.1) is 0 Å². The second kappa shape index (κ2) is 43.8. The fourth-order valence-electron chi connectivity index (χ4n) is 8.50. The molecule has 2 saturated heterocycles. The number of nitrogens with zero attached hydrogens (tertiary/aromatic N) is 3. The van der Waals surface area contributed by atoms with Crippen LogP contribution in [0.2, 0.25) is 0 Å². The van der Waals surface area contributed by atoms with Crippen LogP contribution in [-0.4, -0.2) is 149 Å². The van der Waals surface area contributed by atoms with Crippen molar-refractivity contribution in [2.75, 3.05) is 92.4 Å². The van der Waals surface area contributed by atoms with Crippen LogP contribution in [0.1, 0.15) is 149 Å². The first kappa shape index (κ1) is 77.3. The van der Waals surface area contributed by atoms with E-state index in [2.05, 4.69) is 25.8 Å². The number of carbonyl (C=O) groups is 6. The Morgan fingerprint density at radius 1 is 0.619 bits per heavy atom. The Balaban J connectivity index is 0.000000728. The third-order valence-electron chi connectivity index (χ3n) is 13.1. The molecule has 4 atom stereocenters. The first-order chi connectivity index (χ1) is 39.7. The topological polar surface area (TPSA) is 188 Å². The lowest BCUT2D eigenvalue weighted by Crippen LogP contribution is -2.41. The lowest BCUT2D eigenvalue weighted by molar-refractivity contribution is -0.166. The summed E-state index contributed by atoms with van der Waals surface area (Å²) < 4.78 is 31.3. The molecule has 2 fully saturated rings. The molecular weight excluding hydrogens is 1140 g/mol. The van der Waals surface area contributed by atoms with Crippen LogP contribution in [0.25, 0.3) is 6.08 Å². The van der Waals surface area contributed by atoms with Crippen molar-refractivity contribution < 1.29 is 57.2 Å². The molecule has 0 spiro atoms. The summed E-state index contributed by atoms with van der Waals surface area (Å²) in [5.74, 6) is 0.242. The molecule has 0 N–H and O–H groups in total. The smallest absolute Gasteiger partial charge is 0.333 e. The first-order valence-corrected chi connectivity index (χ1v) is 33.8. The lowest BCUT2D eigenvalue weighted by atomic mass is 9.66. The minimum atomic E-state index is -1.04. The van der Waals surface area contributed by atoms with Crippen molar-refractivity contribution in [3.63, 3.8) is 0 Å². The van der Waals surface area contributed by atoms with Crippen molar-refractivity contribution in [2.24, 2.45) is 16.2 Å². The maximum Gasteiger partial charge on any atom is 0.333 e. The van der Waals surface area contributed by atoms with Crippen molar-refractivity contribution in [3.8, 4) is 6.07 Å². The summed E-state index contributed by atoms with van der Waals surface area (Å²) in [5, 5.41) is 11.3. The number of hydrogen-bond donors (Lipinski definition) is 0. The van der Waals surface area contributed by atoms with E-state index >= 15 is 0 Å². The van der Waals surface area contributed by atoms with E-state index in [1.54, 1.807) is 27.7 Å². The van der Waals surface area contributed by atoms with Crippen molar-refractivity contribution in [3.05, 3.63) is 103 Å². The fourth-order valence-corrected chi connectivity index (χ4v) is 14.6. The Labute approximate surface area is 520 Å². The molecule has 0 saturated carbocycles. The zero-order chi connectivity index (χ0) is 63.0. The number of esters is 6. The average Bonchev–Trinajstić information content (AvgIpc) is 4.06. The number of likely N-dealkylation sites (N-methyl/N-ethyl adjacent to an activating group) is 2. The molecule has 0 bridgehead atoms. The molecule has 2 heterocycles. The minimum Gasteiger partial charge on any atom is -0.464 e. The summed E-state index contributed by atoms with van der Waals surface area (Å²) in [6, 6.07) is 22.3. The number of unbranched alkanes of at least 4 members (excludes halogenated alkanes) is 2. The molecule has 2 aromatic rings. The Hall–Kier alpha value is -4.71. The highest BCUT2D eigenvalue weighted by Crippen LogP contribution is 2.46. The van der Waals surface area contributed by atoms with Gasteiger partial charge in [0, 0.05) is 59.1 Å². The SMILES string of the molecule is C=C(C)C(=O)OCCN(C)C.C=C(C)C(=O)OCCOC(=O)CCCCC1CCSS1.C=Cc1ccccc1.CN(C)CCOC(=O)C(C)(CC(CC(C)(C)C#N)c1ccccc1)CC(C)(C)C(=O)OCCOC(=O)CCCCC1CCSS1. The van der Waals surface area contributed by atoms with Gasteiger partial charge in [0.1, 0.15) is 39.6 Å². The molecule has 15 nitrogen and oxygen atoms in total. The molecular formula is C65H99N3O12S4. The van der Waals surface area contributed by atoms with Crippen LogP contribution in [0.15, 0.2) is 91.5 Å². The van der Waals surface area contributed by atoms with Crippen molar-refractivity contribution in [1.29, 1.82) is 5.26 Å². The van der Waals surface area contributed by atoms with Crippen molar-refractivity contribution >= 4 is 85.1 Å². The van der Waals surface area contributed by atoms with E-state index in [1.165, 1.54) is 36.3 Å². The van der Waals surface area contributed by atoms with Gasteiger partial charge in [-0.05, 0) is 151 Å². The zero-order valence-electron chi connectivity index (χ0n) is 52.3. The maximum atomic E-state index is 13.7. The van der Waals surface area contributed by atoms with Crippen molar-refractivity contribution in [2.45, 2.75) is 148 Å². The van der Waals surface area contributed by atoms with E-state index in [4.69, 9.17) is 28.4 Å². The molecule has 2 aromatic carbocycles. The van der Waals surface area contributed by atoms with Gasteiger partial charge in [0.25, 0.3) is 0 Å². The number of nitriles is 1. The molecule has 2 aliphatic heterocycles. The predicted octanol–water partition coefficient (Wildman–Crippen LogP) is 13.8. The molecule has 4 unspecified atom stereocenters. The molecule has 470 valence electrons. The molecule has 84 heavy (non-hydrogen) atoms. The van der Waals surface area contributed by atoms with Gasteiger partial charge in [-0.25, -0.2) is 9.59 Å². The van der Waals surface area contributed by atoms with Crippen LogP contribution in [0.4, 0.5) is 0 Å². The summed E-state index contributed by atoms with van der Waals surface area (Å²) in [4.78, 5) is 76.4. The number of hydrogen-bond acceptors (Lipinski definition) is 19. The quantitative estimate of drug-likeness (QED) is 0.0211. The van der Waals surface area contributed by atoms with Gasteiger partial charge in [-0.3, -0.25) is 19.2 Å². The van der Waals surface area contributed by atoms with Crippen molar-refractivity contribution in [1.82, 2.24) is 9.80 Å². The summed E-state index contributed by atoms with van der Waals surface area (Å²) >= 11 is 0. The number of ether oxygens (including phenoxy) is 6. The normalized spacial score (nSPS) is 15.6. The summed E-state index contributed by atoms with van der Waals surface area (Å²) in [6.07, 6.45) is 12.3. The molecule has 19 heteroatoms. The van der Waals surface area contributed by atoms with E-state index in [0.717, 1.165) is 49.5 Å². The highest BCUT2D eigenvalue weighted by atomic mass is 33.1. The minimum absolute atomic E-state index is 0.00105. The monoisotopic (exact) mass is 1240 g/mol. The van der Waals surface area contributed by atoms with Crippen LogP contribution in [0, 0.1) is 27.6 Å². The van der Waals surface area contributed by atoms with Gasteiger partial charge in [0.05, 0.1) is 22.3 Å². The molecule has 0 amide bonds. The zero-order valence-corrected chi connectivity index (χ0v) is 55.6. The highest BCUT2D eigenvalue weighted by molar-refractivity contribution is 8.77. The van der Waals surface area contributed by atoms with Gasteiger partial charge >= 0.3 is 35.8 Å². The van der Waals surface area contributed by atoms with E-state index in [-0.39, 0.29) is 69.3 Å². The van der Waals surface area contributed by atoms with Crippen LogP contribution in [0.5, 0.6) is 0 Å². The number of benzene rings is 2. The van der Waals surface area contributed by atoms with Gasteiger partial charge in [-0.1, -0.05) is 142 Å². The molecule has 2 aliphatic rings. The van der Waals surface area contributed by atoms with Gasteiger partial charge < -0.3 is 38.2 Å². The van der Waals surface area contributed by atoms with Gasteiger partial charge in [0.2, 0.25) is 0 Å². The van der Waals surface area contributed by atoms with Crippen LogP contribution in [-0.2, 0) is 57.2 Å². The Morgan fingerprint density at radius 3 is 1.46 bits per heavy atom. The maximum absolute atomic E-state index is 13.7. The fraction of sp³-hybridized carbons (Fsp3) is 0.615. The number of carbonyl (C=O) groups excluding carboxylic acids is 6. The molecule has 0 radical (unpaired) electrons. The largest absolute Gasteiger partial charge is 0.464 e. The van der Waals surface area contributed by atoms with Gasteiger partial charge in [-0.2, -0.15) is 5.26 Å². The van der Waals surface area contributed by atoms with Gasteiger partial charge in [0.15, 0.2) is 0 Å². The second-order valence-corrected chi connectivity index (χ2v) is 28.6. The Bertz CT molecular complexity index is 2320. The third kappa shape index (κ3) is 37.0. The summed E-state index contributed by atoms with van der Waals surface area (Å²) in [6.45, 7) is 25.1. The second-order valence-electron chi connectivity index (χ2n) is 23.0. The van der Waals surface area contributed by atoms with E-state index < -0.39 is 28.2 Å². The van der Waals surface area contributed by atoms with Crippen LogP contribution < -0.4 is 0 Å². The number of rotatable bonds is 34. The predicted molar refractivity (Wildman–Crippen MR) is 347 cm³/mol. The molecule has 0 aliphatic carbocycles. The lowest BCUT2D eigenvalue weighted by Gasteiger charge is -2.38. The first-order valence-electron chi connectivity index (χ1n) is 29.0. The van der Waals surface area contributed by atoms with E-state index in [9.17, 15) is 34.0 Å².